The Bertz CT molecular complexity index is 1370. The predicted octanol–water partition coefficient (Wildman–Crippen LogP) is 3.58. The lowest BCUT2D eigenvalue weighted by Crippen LogP contribution is -2.26. The molecule has 0 fully saturated rings. The molecule has 1 amide bonds. The van der Waals surface area contributed by atoms with Crippen LogP contribution in [-0.4, -0.2) is 34.9 Å². The van der Waals surface area contributed by atoms with Gasteiger partial charge in [0.15, 0.2) is 12.3 Å². The van der Waals surface area contributed by atoms with E-state index in [0.29, 0.717) is 34.5 Å². The molecule has 1 heterocycles. The summed E-state index contributed by atoms with van der Waals surface area (Å²) < 4.78 is 11.9. The van der Waals surface area contributed by atoms with Crippen molar-refractivity contribution in [3.05, 3.63) is 94.9 Å². The van der Waals surface area contributed by atoms with Crippen molar-refractivity contribution in [1.82, 2.24) is 9.78 Å². The highest BCUT2D eigenvalue weighted by Gasteiger charge is 2.20. The number of fused-ring (bicyclic) bond motifs is 1. The van der Waals surface area contributed by atoms with E-state index in [1.165, 1.54) is 0 Å². The minimum absolute atomic E-state index is 0.0587. The summed E-state index contributed by atoms with van der Waals surface area (Å²) in [6.07, 6.45) is 0. The molecule has 0 aliphatic heterocycles. The third-order valence-corrected chi connectivity index (χ3v) is 4.79. The van der Waals surface area contributed by atoms with E-state index >= 15 is 0 Å². The first kappa shape index (κ1) is 21.8. The van der Waals surface area contributed by atoms with Crippen molar-refractivity contribution in [2.45, 2.75) is 6.92 Å². The Hall–Kier alpha value is -4.46. The molecule has 0 radical (unpaired) electrons. The third kappa shape index (κ3) is 4.74. The van der Waals surface area contributed by atoms with E-state index in [-0.39, 0.29) is 11.3 Å². The summed E-state index contributed by atoms with van der Waals surface area (Å²) in [5, 5.41) is 7.58. The van der Waals surface area contributed by atoms with Gasteiger partial charge in [0.1, 0.15) is 5.75 Å². The highest BCUT2D eigenvalue weighted by molar-refractivity contribution is 6.03. The zero-order valence-corrected chi connectivity index (χ0v) is 17.9. The number of nitrogens with zero attached hydrogens (tertiary/aromatic N) is 2. The van der Waals surface area contributed by atoms with Crippen LogP contribution < -0.4 is 15.6 Å². The van der Waals surface area contributed by atoms with Crippen molar-refractivity contribution < 1.29 is 19.1 Å². The summed E-state index contributed by atoms with van der Waals surface area (Å²) in [4.78, 5) is 38.2. The van der Waals surface area contributed by atoms with Crippen LogP contribution in [0, 0.1) is 0 Å². The maximum atomic E-state index is 12.9. The second kappa shape index (κ2) is 9.78. The Morgan fingerprint density at radius 1 is 0.909 bits per heavy atom. The van der Waals surface area contributed by atoms with Gasteiger partial charge in [-0.25, -0.2) is 4.79 Å². The zero-order chi connectivity index (χ0) is 23.2. The van der Waals surface area contributed by atoms with E-state index in [1.807, 2.05) is 13.0 Å². The molecular formula is C25H21N3O5. The van der Waals surface area contributed by atoms with Gasteiger partial charge in [-0.15, -0.1) is 0 Å². The third-order valence-electron chi connectivity index (χ3n) is 4.79. The molecule has 0 aliphatic rings. The molecule has 3 aromatic carbocycles. The van der Waals surface area contributed by atoms with Gasteiger partial charge in [0, 0.05) is 5.39 Å². The molecule has 8 heteroatoms. The highest BCUT2D eigenvalue weighted by Crippen LogP contribution is 2.23. The van der Waals surface area contributed by atoms with Crippen molar-refractivity contribution in [3.8, 4) is 11.4 Å². The number of rotatable bonds is 7. The van der Waals surface area contributed by atoms with Gasteiger partial charge in [-0.05, 0) is 37.3 Å². The van der Waals surface area contributed by atoms with Crippen LogP contribution in [0.4, 0.5) is 5.69 Å². The number of nitrogens with one attached hydrogen (secondary N) is 1. The fourth-order valence-electron chi connectivity index (χ4n) is 3.32. The number of aromatic nitrogens is 2. The lowest BCUT2D eigenvalue weighted by Gasteiger charge is -2.12. The minimum Gasteiger partial charge on any atom is -0.492 e. The molecule has 1 aromatic heterocycles. The number of hydrogen-bond acceptors (Lipinski definition) is 6. The van der Waals surface area contributed by atoms with Crippen molar-refractivity contribution in [1.29, 1.82) is 0 Å². The van der Waals surface area contributed by atoms with Gasteiger partial charge in [-0.1, -0.05) is 48.5 Å². The second-order valence-corrected chi connectivity index (χ2v) is 7.00. The Labute approximate surface area is 189 Å². The van der Waals surface area contributed by atoms with Gasteiger partial charge in [0.2, 0.25) is 0 Å². The molecule has 8 nitrogen and oxygen atoms in total. The van der Waals surface area contributed by atoms with Gasteiger partial charge in [-0.2, -0.15) is 9.78 Å². The van der Waals surface area contributed by atoms with Gasteiger partial charge in [0.05, 0.1) is 23.4 Å². The van der Waals surface area contributed by atoms with Crippen LogP contribution in [-0.2, 0) is 9.53 Å². The smallest absolute Gasteiger partial charge is 0.359 e. The zero-order valence-electron chi connectivity index (χ0n) is 17.9. The summed E-state index contributed by atoms with van der Waals surface area (Å²) in [5.74, 6) is -0.831. The molecule has 4 rings (SSSR count). The molecule has 0 aliphatic carbocycles. The lowest BCUT2D eigenvalue weighted by molar-refractivity contribution is -0.119. The van der Waals surface area contributed by atoms with Crippen molar-refractivity contribution in [2.75, 3.05) is 18.5 Å². The maximum absolute atomic E-state index is 12.9. The normalized spacial score (nSPS) is 10.6. The average Bonchev–Trinajstić information content (AvgIpc) is 2.85. The first-order chi connectivity index (χ1) is 16.1. The monoisotopic (exact) mass is 443 g/mol. The van der Waals surface area contributed by atoms with E-state index in [4.69, 9.17) is 9.47 Å². The fraction of sp³-hybridized carbons (Fsp3) is 0.120. The largest absolute Gasteiger partial charge is 0.492 e. The highest BCUT2D eigenvalue weighted by atomic mass is 16.5. The Morgan fingerprint density at radius 2 is 1.58 bits per heavy atom. The van der Waals surface area contributed by atoms with Crippen LogP contribution in [0.5, 0.6) is 5.75 Å². The molecule has 0 bridgehead atoms. The molecule has 1 N–H and O–H groups in total. The molecule has 0 atom stereocenters. The van der Waals surface area contributed by atoms with Crippen molar-refractivity contribution in [3.63, 3.8) is 0 Å². The molecule has 0 saturated heterocycles. The molecule has 166 valence electrons. The van der Waals surface area contributed by atoms with Crippen molar-refractivity contribution in [2.24, 2.45) is 0 Å². The van der Waals surface area contributed by atoms with E-state index in [0.717, 1.165) is 4.68 Å². The number of amides is 1. The molecule has 0 unspecified atom stereocenters. The summed E-state index contributed by atoms with van der Waals surface area (Å²) in [5.41, 5.74) is 0.560. The molecule has 0 saturated carbocycles. The van der Waals surface area contributed by atoms with E-state index < -0.39 is 18.5 Å². The molecule has 4 aromatic rings. The lowest BCUT2D eigenvalue weighted by atomic mass is 10.1. The topological polar surface area (TPSA) is 99.5 Å². The summed E-state index contributed by atoms with van der Waals surface area (Å²) in [6.45, 7) is 1.75. The summed E-state index contributed by atoms with van der Waals surface area (Å²) >= 11 is 0. The maximum Gasteiger partial charge on any atom is 0.359 e. The predicted molar refractivity (Wildman–Crippen MR) is 124 cm³/mol. The quantitative estimate of drug-likeness (QED) is 0.438. The van der Waals surface area contributed by atoms with Crippen LogP contribution in [0.2, 0.25) is 0 Å². The molecule has 33 heavy (non-hydrogen) atoms. The second-order valence-electron chi connectivity index (χ2n) is 7.00. The average molecular weight is 443 g/mol. The number of hydrogen-bond donors (Lipinski definition) is 1. The Kier molecular flexibility index (Phi) is 6.45. The van der Waals surface area contributed by atoms with Crippen LogP contribution in [0.25, 0.3) is 16.5 Å². The number of carbonyl (C=O) groups excluding carboxylic acids is 2. The number of benzene rings is 3. The Morgan fingerprint density at radius 3 is 2.33 bits per heavy atom. The molecular weight excluding hydrogens is 422 g/mol. The van der Waals surface area contributed by atoms with E-state index in [1.54, 1.807) is 72.8 Å². The van der Waals surface area contributed by atoms with E-state index in [9.17, 15) is 14.4 Å². The van der Waals surface area contributed by atoms with Crippen LogP contribution in [0.3, 0.4) is 0 Å². The Balaban J connectivity index is 1.58. The van der Waals surface area contributed by atoms with Gasteiger partial charge in [-0.3, -0.25) is 9.59 Å². The number of esters is 1. The van der Waals surface area contributed by atoms with Crippen LogP contribution in [0.15, 0.2) is 83.7 Å². The SMILES string of the molecule is CCOc1ccccc1NC(=O)COC(=O)c1nn(-c2ccccc2)c(=O)c2ccccc12. The number of para-hydroxylation sites is 3. The number of anilines is 1. The van der Waals surface area contributed by atoms with E-state index in [2.05, 4.69) is 10.4 Å². The summed E-state index contributed by atoms with van der Waals surface area (Å²) in [7, 11) is 0. The van der Waals surface area contributed by atoms with Gasteiger partial charge in [0.25, 0.3) is 11.5 Å². The van der Waals surface area contributed by atoms with Gasteiger partial charge < -0.3 is 14.8 Å². The first-order valence-electron chi connectivity index (χ1n) is 10.3. The number of carbonyl (C=O) groups is 2. The van der Waals surface area contributed by atoms with Crippen LogP contribution in [0.1, 0.15) is 17.4 Å². The van der Waals surface area contributed by atoms with Crippen molar-refractivity contribution >= 4 is 28.3 Å². The first-order valence-corrected chi connectivity index (χ1v) is 10.3. The fourth-order valence-corrected chi connectivity index (χ4v) is 3.32. The molecule has 0 spiro atoms. The standard InChI is InChI=1S/C25H21N3O5/c1-2-32-21-15-9-8-14-20(21)26-22(29)16-33-25(31)23-18-12-6-7-13-19(18)24(30)28(27-23)17-10-4-3-5-11-17/h3-15H,2,16H2,1H3,(H,26,29). The minimum atomic E-state index is -0.816. The van der Waals surface area contributed by atoms with Gasteiger partial charge >= 0.3 is 5.97 Å². The summed E-state index contributed by atoms with van der Waals surface area (Å²) in [6, 6.07) is 22.4. The number of ether oxygens (including phenoxy) is 2. The van der Waals surface area contributed by atoms with Crippen LogP contribution >= 0.6 is 0 Å².